The third-order valence-corrected chi connectivity index (χ3v) is 1.56. The van der Waals surface area contributed by atoms with Crippen LogP contribution in [0.1, 0.15) is 13.3 Å². The van der Waals surface area contributed by atoms with E-state index in [1.165, 1.54) is 0 Å². The molecule has 8 heavy (non-hydrogen) atoms. The molecule has 1 rings (SSSR count). The molecular weight excluding hydrogens is 104 g/mol. The van der Waals surface area contributed by atoms with Gasteiger partial charge in [0, 0.05) is 13.0 Å². The predicted molar refractivity (Wildman–Crippen MR) is 29.6 cm³/mol. The Bertz CT molecular complexity index is 109. The predicted octanol–water partition coefficient (Wildman–Crippen LogP) is 0.610. The van der Waals surface area contributed by atoms with Crippen molar-refractivity contribution >= 4 is 5.78 Å². The van der Waals surface area contributed by atoms with Crippen molar-refractivity contribution in [2.75, 3.05) is 7.11 Å². The highest BCUT2D eigenvalue weighted by Crippen LogP contribution is 2.33. The van der Waals surface area contributed by atoms with Crippen LogP contribution in [0.4, 0.5) is 0 Å². The van der Waals surface area contributed by atoms with Crippen LogP contribution in [-0.4, -0.2) is 19.0 Å². The minimum absolute atomic E-state index is 0.222. The first kappa shape index (κ1) is 5.76. The Morgan fingerprint density at radius 2 is 2.38 bits per heavy atom. The maximum Gasteiger partial charge on any atom is 0.135 e. The second-order valence-corrected chi connectivity index (χ2v) is 2.23. The van der Waals surface area contributed by atoms with E-state index in [0.29, 0.717) is 0 Å². The van der Waals surface area contributed by atoms with Gasteiger partial charge in [-0.05, 0) is 13.3 Å². The van der Waals surface area contributed by atoms with Gasteiger partial charge in [0.2, 0.25) is 0 Å². The van der Waals surface area contributed by atoms with Crippen LogP contribution in [-0.2, 0) is 9.53 Å². The zero-order valence-electron chi connectivity index (χ0n) is 5.18. The molecule has 0 heterocycles. The third-order valence-electron chi connectivity index (χ3n) is 1.56. The van der Waals surface area contributed by atoms with Crippen LogP contribution in [0.3, 0.4) is 0 Å². The van der Waals surface area contributed by atoms with Gasteiger partial charge in [-0.15, -0.1) is 0 Å². The number of methoxy groups -OCH3 is 1. The molecule has 2 atom stereocenters. The van der Waals surface area contributed by atoms with Crippen LogP contribution in [0.15, 0.2) is 0 Å². The molecule has 0 aromatic carbocycles. The molecule has 0 spiro atoms. The summed E-state index contributed by atoms with van der Waals surface area (Å²) in [6, 6.07) is 0. The molecule has 1 fully saturated rings. The minimum Gasteiger partial charge on any atom is -0.381 e. The first-order valence-electron chi connectivity index (χ1n) is 2.79. The van der Waals surface area contributed by atoms with Gasteiger partial charge in [0.1, 0.15) is 5.78 Å². The molecule has 0 amide bonds. The van der Waals surface area contributed by atoms with Gasteiger partial charge in [0.25, 0.3) is 0 Å². The Labute approximate surface area is 48.8 Å². The van der Waals surface area contributed by atoms with Crippen LogP contribution in [0.5, 0.6) is 0 Å². The highest BCUT2D eigenvalue weighted by molar-refractivity contribution is 5.81. The normalized spacial score (nSPS) is 34.8. The number of rotatable bonds is 2. The van der Waals surface area contributed by atoms with Crippen molar-refractivity contribution in [3.63, 3.8) is 0 Å². The lowest BCUT2D eigenvalue weighted by atomic mass is 10.3. The molecule has 46 valence electrons. The van der Waals surface area contributed by atoms with E-state index in [1.54, 1.807) is 14.0 Å². The molecule has 0 unspecified atom stereocenters. The fourth-order valence-corrected chi connectivity index (χ4v) is 0.860. The third kappa shape index (κ3) is 0.892. The van der Waals surface area contributed by atoms with Crippen molar-refractivity contribution in [2.24, 2.45) is 5.92 Å². The van der Waals surface area contributed by atoms with Crippen LogP contribution in [0.2, 0.25) is 0 Å². The molecule has 0 aromatic heterocycles. The molecule has 0 aliphatic heterocycles. The van der Waals surface area contributed by atoms with Gasteiger partial charge in [-0.25, -0.2) is 0 Å². The molecular formula is C6H10O2. The van der Waals surface area contributed by atoms with E-state index < -0.39 is 0 Å². The van der Waals surface area contributed by atoms with Crippen LogP contribution in [0, 0.1) is 5.92 Å². The van der Waals surface area contributed by atoms with Crippen molar-refractivity contribution in [2.45, 2.75) is 19.4 Å². The molecule has 0 aromatic rings. The zero-order chi connectivity index (χ0) is 6.15. The standard InChI is InChI=1S/C6H10O2/c1-4(7)5-3-6(5)8-2/h5-6H,3H2,1-2H3/t5-,6+/m1/s1. The lowest BCUT2D eigenvalue weighted by molar-refractivity contribution is -0.118. The Morgan fingerprint density at radius 1 is 1.75 bits per heavy atom. The van der Waals surface area contributed by atoms with Gasteiger partial charge in [0.15, 0.2) is 0 Å². The monoisotopic (exact) mass is 114 g/mol. The maximum atomic E-state index is 10.5. The van der Waals surface area contributed by atoms with E-state index in [1.807, 2.05) is 0 Å². The maximum absolute atomic E-state index is 10.5. The van der Waals surface area contributed by atoms with Crippen molar-refractivity contribution in [1.82, 2.24) is 0 Å². The van der Waals surface area contributed by atoms with Gasteiger partial charge in [0.05, 0.1) is 6.10 Å². The SMILES string of the molecule is CO[C@H]1C[C@@H]1C(C)=O. The van der Waals surface area contributed by atoms with E-state index >= 15 is 0 Å². The summed E-state index contributed by atoms with van der Waals surface area (Å²) in [6.45, 7) is 1.61. The topological polar surface area (TPSA) is 26.3 Å². The summed E-state index contributed by atoms with van der Waals surface area (Å²) >= 11 is 0. The van der Waals surface area contributed by atoms with Gasteiger partial charge in [-0.3, -0.25) is 4.79 Å². The average molecular weight is 114 g/mol. The van der Waals surface area contributed by atoms with Gasteiger partial charge in [-0.1, -0.05) is 0 Å². The van der Waals surface area contributed by atoms with Crippen LogP contribution >= 0.6 is 0 Å². The number of hydrogen-bond donors (Lipinski definition) is 0. The van der Waals surface area contributed by atoms with Crippen LogP contribution < -0.4 is 0 Å². The minimum atomic E-state index is 0.222. The zero-order valence-corrected chi connectivity index (χ0v) is 5.18. The van der Waals surface area contributed by atoms with E-state index in [0.717, 1.165) is 6.42 Å². The molecule has 1 saturated carbocycles. The lowest BCUT2D eigenvalue weighted by Crippen LogP contribution is -1.99. The van der Waals surface area contributed by atoms with Crippen molar-refractivity contribution < 1.29 is 9.53 Å². The molecule has 0 saturated heterocycles. The number of carbonyl (C=O) groups excluding carboxylic acids is 1. The average Bonchev–Trinajstić information content (AvgIpc) is 2.42. The summed E-state index contributed by atoms with van der Waals surface area (Å²) in [5, 5.41) is 0. The number of carbonyl (C=O) groups is 1. The van der Waals surface area contributed by atoms with Crippen molar-refractivity contribution in [3.05, 3.63) is 0 Å². The highest BCUT2D eigenvalue weighted by Gasteiger charge is 2.40. The van der Waals surface area contributed by atoms with Gasteiger partial charge < -0.3 is 4.74 Å². The Hall–Kier alpha value is -0.370. The quantitative estimate of drug-likeness (QED) is 0.525. The summed E-state index contributed by atoms with van der Waals surface area (Å²) in [5.41, 5.74) is 0. The first-order valence-corrected chi connectivity index (χ1v) is 2.79. The van der Waals surface area contributed by atoms with Crippen molar-refractivity contribution in [1.29, 1.82) is 0 Å². The Morgan fingerprint density at radius 3 is 2.50 bits per heavy atom. The van der Waals surface area contributed by atoms with Crippen molar-refractivity contribution in [3.8, 4) is 0 Å². The summed E-state index contributed by atoms with van der Waals surface area (Å²) in [4.78, 5) is 10.5. The Balaban J connectivity index is 2.26. The number of hydrogen-bond acceptors (Lipinski definition) is 2. The summed E-state index contributed by atoms with van der Waals surface area (Å²) in [5.74, 6) is 0.483. The van der Waals surface area contributed by atoms with Crippen LogP contribution in [0.25, 0.3) is 0 Å². The second-order valence-electron chi connectivity index (χ2n) is 2.23. The molecule has 1 aliphatic carbocycles. The summed E-state index contributed by atoms with van der Waals surface area (Å²) < 4.78 is 4.91. The summed E-state index contributed by atoms with van der Waals surface area (Å²) in [6.07, 6.45) is 1.18. The molecule has 0 bridgehead atoms. The number of ether oxygens (including phenoxy) is 1. The smallest absolute Gasteiger partial charge is 0.135 e. The number of Topliss-reactive ketones (excluding diaryl/α,β-unsaturated/α-hetero) is 1. The Kier molecular flexibility index (Phi) is 1.34. The molecule has 1 aliphatic rings. The fraction of sp³-hybridized carbons (Fsp3) is 0.833. The highest BCUT2D eigenvalue weighted by atomic mass is 16.5. The van der Waals surface area contributed by atoms with Gasteiger partial charge >= 0.3 is 0 Å². The molecule has 2 heteroatoms. The van der Waals surface area contributed by atoms with Gasteiger partial charge in [-0.2, -0.15) is 0 Å². The molecule has 0 radical (unpaired) electrons. The van der Waals surface area contributed by atoms with E-state index in [9.17, 15) is 4.79 Å². The van der Waals surface area contributed by atoms with E-state index in [4.69, 9.17) is 4.74 Å². The fourth-order valence-electron chi connectivity index (χ4n) is 0.860. The molecule has 0 N–H and O–H groups in total. The first-order chi connectivity index (χ1) is 3.75. The molecule has 2 nitrogen and oxygen atoms in total. The number of ketones is 1. The lowest BCUT2D eigenvalue weighted by Gasteiger charge is -1.88. The second kappa shape index (κ2) is 1.86. The summed E-state index contributed by atoms with van der Waals surface area (Å²) in [7, 11) is 1.65. The van der Waals surface area contributed by atoms with E-state index in [2.05, 4.69) is 0 Å². The largest absolute Gasteiger partial charge is 0.381 e. The van der Waals surface area contributed by atoms with E-state index in [-0.39, 0.29) is 17.8 Å².